The van der Waals surface area contributed by atoms with Crippen LogP contribution in [0.5, 0.6) is 0 Å². The van der Waals surface area contributed by atoms with Crippen molar-refractivity contribution < 1.29 is 19.1 Å². The minimum Gasteiger partial charge on any atom is -0.453 e. The Bertz CT molecular complexity index is 435. The first kappa shape index (κ1) is 12.2. The topological polar surface area (TPSA) is 67.9 Å². The zero-order valence-electron chi connectivity index (χ0n) is 9.96. The third-order valence-electron chi connectivity index (χ3n) is 2.60. The molecule has 6 nitrogen and oxygen atoms in total. The van der Waals surface area contributed by atoms with Crippen LogP contribution in [0.25, 0.3) is 0 Å². The van der Waals surface area contributed by atoms with E-state index in [4.69, 9.17) is 4.74 Å². The van der Waals surface area contributed by atoms with Gasteiger partial charge in [0.1, 0.15) is 6.10 Å². The second kappa shape index (κ2) is 5.39. The van der Waals surface area contributed by atoms with E-state index >= 15 is 0 Å². The molecule has 0 spiro atoms. The van der Waals surface area contributed by atoms with Gasteiger partial charge < -0.3 is 14.8 Å². The molecule has 1 aliphatic heterocycles. The van der Waals surface area contributed by atoms with Gasteiger partial charge in [-0.05, 0) is 12.1 Å². The van der Waals surface area contributed by atoms with Crippen LogP contribution in [0.15, 0.2) is 30.3 Å². The van der Waals surface area contributed by atoms with Crippen LogP contribution < -0.4 is 10.2 Å². The summed E-state index contributed by atoms with van der Waals surface area (Å²) in [6.45, 7) is 0.647. The van der Waals surface area contributed by atoms with Crippen molar-refractivity contribution in [1.29, 1.82) is 0 Å². The number of carbonyl (C=O) groups is 2. The number of rotatable bonds is 3. The number of alkyl carbamates (subject to hydrolysis) is 1. The van der Waals surface area contributed by atoms with Gasteiger partial charge in [0.25, 0.3) is 0 Å². The molecule has 1 N–H and O–H groups in total. The smallest absolute Gasteiger partial charge is 0.414 e. The lowest BCUT2D eigenvalue weighted by molar-refractivity contribution is 0.132. The van der Waals surface area contributed by atoms with Crippen LogP contribution >= 0.6 is 0 Å². The molecule has 1 aromatic rings. The number of para-hydroxylation sites is 1. The molecule has 0 radical (unpaired) electrons. The van der Waals surface area contributed by atoms with Crippen LogP contribution in [0, 0.1) is 0 Å². The Morgan fingerprint density at radius 2 is 2.22 bits per heavy atom. The minimum atomic E-state index is -0.538. The van der Waals surface area contributed by atoms with Crippen molar-refractivity contribution in [3.63, 3.8) is 0 Å². The molecule has 2 rings (SSSR count). The van der Waals surface area contributed by atoms with E-state index in [2.05, 4.69) is 10.1 Å². The summed E-state index contributed by atoms with van der Waals surface area (Å²) >= 11 is 0. The molecule has 0 saturated carbocycles. The van der Waals surface area contributed by atoms with Gasteiger partial charge in [0.15, 0.2) is 0 Å². The Balaban J connectivity index is 1.93. The number of anilines is 1. The van der Waals surface area contributed by atoms with E-state index in [0.29, 0.717) is 6.54 Å². The highest BCUT2D eigenvalue weighted by molar-refractivity contribution is 5.89. The minimum absolute atomic E-state index is 0.238. The van der Waals surface area contributed by atoms with Crippen molar-refractivity contribution in [3.8, 4) is 0 Å². The SMILES string of the molecule is COC(=O)NCC1CN(c2ccccc2)C(=O)O1. The van der Waals surface area contributed by atoms with Crippen LogP contribution in [-0.4, -0.2) is 38.5 Å². The lowest BCUT2D eigenvalue weighted by atomic mass is 10.3. The average molecular weight is 250 g/mol. The fourth-order valence-electron chi connectivity index (χ4n) is 1.72. The van der Waals surface area contributed by atoms with E-state index in [1.807, 2.05) is 30.3 Å². The van der Waals surface area contributed by atoms with E-state index in [1.54, 1.807) is 0 Å². The largest absolute Gasteiger partial charge is 0.453 e. The zero-order chi connectivity index (χ0) is 13.0. The Labute approximate surface area is 104 Å². The van der Waals surface area contributed by atoms with E-state index in [-0.39, 0.29) is 12.6 Å². The maximum absolute atomic E-state index is 11.7. The van der Waals surface area contributed by atoms with Gasteiger partial charge in [0.2, 0.25) is 0 Å². The predicted octanol–water partition coefficient (Wildman–Crippen LogP) is 1.37. The van der Waals surface area contributed by atoms with Crippen molar-refractivity contribution >= 4 is 17.9 Å². The molecule has 0 aromatic heterocycles. The van der Waals surface area contributed by atoms with Crippen LogP contribution in [0.3, 0.4) is 0 Å². The van der Waals surface area contributed by atoms with Gasteiger partial charge >= 0.3 is 12.2 Å². The molecule has 1 aromatic carbocycles. The molecule has 6 heteroatoms. The van der Waals surface area contributed by atoms with Crippen LogP contribution in [0.4, 0.5) is 15.3 Å². The monoisotopic (exact) mass is 250 g/mol. The number of methoxy groups -OCH3 is 1. The number of ether oxygens (including phenoxy) is 2. The summed E-state index contributed by atoms with van der Waals surface area (Å²) in [6, 6.07) is 9.24. The molecular weight excluding hydrogens is 236 g/mol. The molecular formula is C12H14N2O4. The number of cyclic esters (lactones) is 1. The number of carbonyl (C=O) groups excluding carboxylic acids is 2. The third-order valence-corrected chi connectivity index (χ3v) is 2.60. The number of nitrogens with one attached hydrogen (secondary N) is 1. The maximum Gasteiger partial charge on any atom is 0.414 e. The van der Waals surface area contributed by atoms with Gasteiger partial charge in [0, 0.05) is 5.69 Å². The van der Waals surface area contributed by atoms with E-state index in [0.717, 1.165) is 5.69 Å². The fraction of sp³-hybridized carbons (Fsp3) is 0.333. The van der Waals surface area contributed by atoms with E-state index in [9.17, 15) is 9.59 Å². The number of hydrogen-bond donors (Lipinski definition) is 1. The number of benzene rings is 1. The third kappa shape index (κ3) is 2.71. The summed E-state index contributed by atoms with van der Waals surface area (Å²) in [7, 11) is 1.28. The normalized spacial score (nSPS) is 18.4. The van der Waals surface area contributed by atoms with Gasteiger partial charge in [-0.2, -0.15) is 0 Å². The van der Waals surface area contributed by atoms with Crippen molar-refractivity contribution in [2.45, 2.75) is 6.10 Å². The summed E-state index contributed by atoms with van der Waals surface area (Å²) in [6.07, 6.45) is -1.31. The molecule has 96 valence electrons. The number of nitrogens with zero attached hydrogens (tertiary/aromatic N) is 1. The Morgan fingerprint density at radius 1 is 1.50 bits per heavy atom. The van der Waals surface area contributed by atoms with E-state index < -0.39 is 12.2 Å². The van der Waals surface area contributed by atoms with Crippen molar-refractivity contribution in [2.24, 2.45) is 0 Å². The van der Waals surface area contributed by atoms with Gasteiger partial charge in [-0.25, -0.2) is 9.59 Å². The summed E-state index contributed by atoms with van der Waals surface area (Å²) in [4.78, 5) is 24.1. The second-order valence-electron chi connectivity index (χ2n) is 3.82. The molecule has 18 heavy (non-hydrogen) atoms. The molecule has 2 amide bonds. The second-order valence-corrected chi connectivity index (χ2v) is 3.82. The number of amides is 2. The standard InChI is InChI=1S/C12H14N2O4/c1-17-11(15)13-7-10-8-14(12(16)18-10)9-5-3-2-4-6-9/h2-6,10H,7-8H2,1H3,(H,13,15). The first-order valence-electron chi connectivity index (χ1n) is 5.55. The maximum atomic E-state index is 11.7. The first-order valence-corrected chi connectivity index (χ1v) is 5.55. The zero-order valence-corrected chi connectivity index (χ0v) is 9.96. The fourth-order valence-corrected chi connectivity index (χ4v) is 1.72. The van der Waals surface area contributed by atoms with Crippen molar-refractivity contribution in [3.05, 3.63) is 30.3 Å². The summed E-state index contributed by atoms with van der Waals surface area (Å²) in [5.74, 6) is 0. The van der Waals surface area contributed by atoms with E-state index in [1.165, 1.54) is 12.0 Å². The summed E-state index contributed by atoms with van der Waals surface area (Å²) in [5.41, 5.74) is 0.781. The Hall–Kier alpha value is -2.24. The van der Waals surface area contributed by atoms with Gasteiger partial charge in [0.05, 0.1) is 20.2 Å². The molecule has 1 fully saturated rings. The molecule has 1 atom stereocenters. The van der Waals surface area contributed by atoms with Gasteiger partial charge in [-0.3, -0.25) is 4.90 Å². The molecule has 0 bridgehead atoms. The highest BCUT2D eigenvalue weighted by Gasteiger charge is 2.32. The Morgan fingerprint density at radius 3 is 2.89 bits per heavy atom. The van der Waals surface area contributed by atoms with Gasteiger partial charge in [-0.15, -0.1) is 0 Å². The first-order chi connectivity index (χ1) is 8.70. The molecule has 1 aliphatic rings. The van der Waals surface area contributed by atoms with Crippen LogP contribution in [0.1, 0.15) is 0 Å². The van der Waals surface area contributed by atoms with Crippen molar-refractivity contribution in [2.75, 3.05) is 25.1 Å². The molecule has 0 aliphatic carbocycles. The van der Waals surface area contributed by atoms with Crippen LogP contribution in [-0.2, 0) is 9.47 Å². The quantitative estimate of drug-likeness (QED) is 0.879. The molecule has 1 heterocycles. The predicted molar refractivity (Wildman–Crippen MR) is 64.5 cm³/mol. The van der Waals surface area contributed by atoms with Crippen molar-refractivity contribution in [1.82, 2.24) is 5.32 Å². The van der Waals surface area contributed by atoms with Crippen LogP contribution in [0.2, 0.25) is 0 Å². The van der Waals surface area contributed by atoms with Gasteiger partial charge in [-0.1, -0.05) is 18.2 Å². The molecule has 1 saturated heterocycles. The lowest BCUT2D eigenvalue weighted by Gasteiger charge is -2.12. The summed E-state index contributed by atoms with van der Waals surface area (Å²) < 4.78 is 9.58. The summed E-state index contributed by atoms with van der Waals surface area (Å²) in [5, 5.41) is 2.50. The number of hydrogen-bond acceptors (Lipinski definition) is 4. The average Bonchev–Trinajstić information content (AvgIpc) is 2.78. The lowest BCUT2D eigenvalue weighted by Crippen LogP contribution is -2.34. The Kier molecular flexibility index (Phi) is 3.66. The highest BCUT2D eigenvalue weighted by atomic mass is 16.6. The molecule has 1 unspecified atom stereocenters. The highest BCUT2D eigenvalue weighted by Crippen LogP contribution is 2.20.